The SMILES string of the molecule is CCN(CC)CCCOc1ccc2ncc(-c3ccsc3)n2n1. The number of fused-ring (bicyclic) bond motifs is 1. The topological polar surface area (TPSA) is 42.7 Å². The highest BCUT2D eigenvalue weighted by Gasteiger charge is 2.09. The molecule has 5 nitrogen and oxygen atoms in total. The maximum atomic E-state index is 5.81. The normalized spacial score (nSPS) is 11.4. The van der Waals surface area contributed by atoms with Crippen molar-refractivity contribution in [3.63, 3.8) is 0 Å². The molecular formula is C17H22N4OS. The summed E-state index contributed by atoms with van der Waals surface area (Å²) in [6.45, 7) is 8.27. The van der Waals surface area contributed by atoms with E-state index in [4.69, 9.17) is 4.74 Å². The molecule has 3 rings (SSSR count). The third kappa shape index (κ3) is 3.71. The number of imidazole rings is 1. The van der Waals surface area contributed by atoms with E-state index in [0.29, 0.717) is 12.5 Å². The van der Waals surface area contributed by atoms with Crippen molar-refractivity contribution in [1.29, 1.82) is 0 Å². The first-order valence-electron chi connectivity index (χ1n) is 8.04. The van der Waals surface area contributed by atoms with Gasteiger partial charge in [0.15, 0.2) is 5.65 Å². The van der Waals surface area contributed by atoms with Gasteiger partial charge in [-0.15, -0.1) is 5.10 Å². The highest BCUT2D eigenvalue weighted by Crippen LogP contribution is 2.23. The molecule has 23 heavy (non-hydrogen) atoms. The summed E-state index contributed by atoms with van der Waals surface area (Å²) in [6, 6.07) is 5.91. The molecule has 0 bridgehead atoms. The van der Waals surface area contributed by atoms with E-state index in [0.717, 1.165) is 43.0 Å². The zero-order valence-electron chi connectivity index (χ0n) is 13.6. The average Bonchev–Trinajstić information content (AvgIpc) is 3.23. The van der Waals surface area contributed by atoms with Gasteiger partial charge in [0, 0.05) is 23.6 Å². The zero-order valence-corrected chi connectivity index (χ0v) is 14.4. The maximum Gasteiger partial charge on any atom is 0.231 e. The molecule has 0 saturated heterocycles. The number of aromatic nitrogens is 3. The van der Waals surface area contributed by atoms with Gasteiger partial charge in [0.25, 0.3) is 0 Å². The number of thiophene rings is 1. The van der Waals surface area contributed by atoms with E-state index in [1.54, 1.807) is 11.3 Å². The van der Waals surface area contributed by atoms with Crippen LogP contribution < -0.4 is 4.74 Å². The van der Waals surface area contributed by atoms with E-state index in [1.165, 1.54) is 0 Å². The van der Waals surface area contributed by atoms with Crippen LogP contribution in [0, 0.1) is 0 Å². The first kappa shape index (κ1) is 16.0. The molecule has 0 atom stereocenters. The fourth-order valence-corrected chi connectivity index (χ4v) is 3.19. The second kappa shape index (κ2) is 7.57. The van der Waals surface area contributed by atoms with Crippen LogP contribution in [-0.2, 0) is 0 Å². The van der Waals surface area contributed by atoms with E-state index >= 15 is 0 Å². The van der Waals surface area contributed by atoms with Crippen molar-refractivity contribution < 1.29 is 4.74 Å². The Morgan fingerprint density at radius 2 is 2.09 bits per heavy atom. The van der Waals surface area contributed by atoms with Crippen LogP contribution in [-0.4, -0.2) is 45.7 Å². The minimum atomic E-state index is 0.645. The van der Waals surface area contributed by atoms with Crippen LogP contribution in [0.3, 0.4) is 0 Å². The van der Waals surface area contributed by atoms with Crippen molar-refractivity contribution in [2.45, 2.75) is 20.3 Å². The monoisotopic (exact) mass is 330 g/mol. The lowest BCUT2D eigenvalue weighted by Gasteiger charge is -2.17. The molecule has 0 unspecified atom stereocenters. The molecule has 0 radical (unpaired) electrons. The lowest BCUT2D eigenvalue weighted by atomic mass is 10.3. The van der Waals surface area contributed by atoms with Crippen LogP contribution in [0.2, 0.25) is 0 Å². The molecule has 6 heteroatoms. The molecular weight excluding hydrogens is 308 g/mol. The highest BCUT2D eigenvalue weighted by molar-refractivity contribution is 7.08. The van der Waals surface area contributed by atoms with Gasteiger partial charge < -0.3 is 9.64 Å². The smallest absolute Gasteiger partial charge is 0.231 e. The van der Waals surface area contributed by atoms with Crippen molar-refractivity contribution in [3.05, 3.63) is 35.2 Å². The molecule has 0 spiro atoms. The summed E-state index contributed by atoms with van der Waals surface area (Å²) in [6.07, 6.45) is 2.86. The van der Waals surface area contributed by atoms with Crippen LogP contribution in [0.4, 0.5) is 0 Å². The fraction of sp³-hybridized carbons (Fsp3) is 0.412. The molecule has 3 aromatic heterocycles. The molecule has 3 heterocycles. The second-order valence-electron chi connectivity index (χ2n) is 5.33. The molecule has 0 N–H and O–H groups in total. The highest BCUT2D eigenvalue weighted by atomic mass is 32.1. The first-order chi connectivity index (χ1) is 11.3. The Labute approximate surface area is 140 Å². The van der Waals surface area contributed by atoms with Crippen LogP contribution in [0.5, 0.6) is 5.88 Å². The van der Waals surface area contributed by atoms with Gasteiger partial charge in [-0.1, -0.05) is 13.8 Å². The molecule has 0 amide bonds. The van der Waals surface area contributed by atoms with Gasteiger partial charge in [-0.05, 0) is 37.0 Å². The predicted molar refractivity (Wildman–Crippen MR) is 94.2 cm³/mol. The van der Waals surface area contributed by atoms with Crippen LogP contribution >= 0.6 is 11.3 Å². The Balaban J connectivity index is 1.67. The predicted octanol–water partition coefficient (Wildman–Crippen LogP) is 3.57. The van der Waals surface area contributed by atoms with Crippen molar-refractivity contribution in [2.24, 2.45) is 0 Å². The van der Waals surface area contributed by atoms with Crippen molar-refractivity contribution in [2.75, 3.05) is 26.2 Å². The van der Waals surface area contributed by atoms with Gasteiger partial charge in [0.2, 0.25) is 5.88 Å². The summed E-state index contributed by atoms with van der Waals surface area (Å²) < 4.78 is 7.66. The van der Waals surface area contributed by atoms with Crippen molar-refractivity contribution >= 4 is 17.0 Å². The molecule has 0 aliphatic carbocycles. The van der Waals surface area contributed by atoms with Gasteiger partial charge in [-0.3, -0.25) is 0 Å². The van der Waals surface area contributed by atoms with Gasteiger partial charge in [-0.25, -0.2) is 9.50 Å². The summed E-state index contributed by atoms with van der Waals surface area (Å²) in [5.41, 5.74) is 2.96. The lowest BCUT2D eigenvalue weighted by Crippen LogP contribution is -2.25. The Morgan fingerprint density at radius 1 is 1.22 bits per heavy atom. The summed E-state index contributed by atoms with van der Waals surface area (Å²) in [5, 5.41) is 8.73. The largest absolute Gasteiger partial charge is 0.477 e. The average molecular weight is 330 g/mol. The summed E-state index contributed by atoms with van der Waals surface area (Å²) >= 11 is 1.67. The van der Waals surface area contributed by atoms with Crippen molar-refractivity contribution in [1.82, 2.24) is 19.5 Å². The quantitative estimate of drug-likeness (QED) is 0.592. The van der Waals surface area contributed by atoms with E-state index < -0.39 is 0 Å². The summed E-state index contributed by atoms with van der Waals surface area (Å²) in [4.78, 5) is 6.79. The molecule has 0 saturated carbocycles. The minimum Gasteiger partial charge on any atom is -0.477 e. The van der Waals surface area contributed by atoms with Gasteiger partial charge in [-0.2, -0.15) is 11.3 Å². The zero-order chi connectivity index (χ0) is 16.1. The molecule has 0 aliphatic heterocycles. The number of rotatable bonds is 8. The maximum absolute atomic E-state index is 5.81. The Kier molecular flexibility index (Phi) is 5.25. The number of hydrogen-bond acceptors (Lipinski definition) is 5. The third-order valence-electron chi connectivity index (χ3n) is 3.92. The number of hydrogen-bond donors (Lipinski definition) is 0. The van der Waals surface area contributed by atoms with E-state index in [-0.39, 0.29) is 0 Å². The Morgan fingerprint density at radius 3 is 2.83 bits per heavy atom. The second-order valence-corrected chi connectivity index (χ2v) is 6.11. The van der Waals surface area contributed by atoms with Crippen LogP contribution in [0.25, 0.3) is 16.9 Å². The third-order valence-corrected chi connectivity index (χ3v) is 4.60. The van der Waals surface area contributed by atoms with Crippen LogP contribution in [0.1, 0.15) is 20.3 Å². The standard InChI is InChI=1S/C17H22N4OS/c1-3-20(4-2)9-5-10-22-17-7-6-16-18-12-15(21(16)19-17)14-8-11-23-13-14/h6-8,11-13H,3-5,9-10H2,1-2H3. The minimum absolute atomic E-state index is 0.645. The summed E-state index contributed by atoms with van der Waals surface area (Å²) in [7, 11) is 0. The van der Waals surface area contributed by atoms with Gasteiger partial charge >= 0.3 is 0 Å². The van der Waals surface area contributed by atoms with E-state index in [1.807, 2.05) is 22.8 Å². The molecule has 0 aromatic carbocycles. The van der Waals surface area contributed by atoms with E-state index in [9.17, 15) is 0 Å². The molecule has 122 valence electrons. The Bertz CT molecular complexity index is 734. The lowest BCUT2D eigenvalue weighted by molar-refractivity contribution is 0.242. The molecule has 0 fully saturated rings. The molecule has 3 aromatic rings. The number of nitrogens with zero attached hydrogens (tertiary/aromatic N) is 4. The van der Waals surface area contributed by atoms with Crippen LogP contribution in [0.15, 0.2) is 35.2 Å². The van der Waals surface area contributed by atoms with Gasteiger partial charge in [0.1, 0.15) is 0 Å². The molecule has 0 aliphatic rings. The first-order valence-corrected chi connectivity index (χ1v) is 8.98. The number of ether oxygens (including phenoxy) is 1. The fourth-order valence-electron chi connectivity index (χ4n) is 2.55. The summed E-state index contributed by atoms with van der Waals surface area (Å²) in [5.74, 6) is 0.645. The van der Waals surface area contributed by atoms with Gasteiger partial charge in [0.05, 0.1) is 18.5 Å². The Hall–Kier alpha value is -1.92. The van der Waals surface area contributed by atoms with Crippen molar-refractivity contribution in [3.8, 4) is 17.1 Å². The van der Waals surface area contributed by atoms with E-state index in [2.05, 4.69) is 45.7 Å².